The van der Waals surface area contributed by atoms with E-state index in [1.165, 1.54) is 18.1 Å². The van der Waals surface area contributed by atoms with Gasteiger partial charge in [0, 0.05) is 0 Å². The zero-order valence-corrected chi connectivity index (χ0v) is 20.5. The first-order valence-corrected chi connectivity index (χ1v) is 14.0. The van der Waals surface area contributed by atoms with Crippen LogP contribution < -0.4 is 15.9 Å². The van der Waals surface area contributed by atoms with Gasteiger partial charge in [-0.25, -0.2) is 0 Å². The highest BCUT2D eigenvalue weighted by atomic mass is 31.1. The van der Waals surface area contributed by atoms with Crippen LogP contribution in [0.25, 0.3) is 10.8 Å². The first kappa shape index (κ1) is 21.0. The second-order valence-electron chi connectivity index (χ2n) is 9.13. The van der Waals surface area contributed by atoms with Crippen molar-refractivity contribution in [3.8, 4) is 0 Å². The van der Waals surface area contributed by atoms with Crippen LogP contribution >= 0.6 is 15.8 Å². The molecule has 0 nitrogen and oxygen atoms in total. The average molecular weight is 421 g/mol. The van der Waals surface area contributed by atoms with Crippen LogP contribution in [-0.4, -0.2) is 17.0 Å². The molecule has 0 bridgehead atoms. The summed E-state index contributed by atoms with van der Waals surface area (Å²) in [6.45, 7) is 14.5. The van der Waals surface area contributed by atoms with Gasteiger partial charge in [0.1, 0.15) is 0 Å². The highest BCUT2D eigenvalue weighted by molar-refractivity contribution is 7.74. The van der Waals surface area contributed by atoms with Crippen LogP contribution in [0.15, 0.2) is 54.6 Å². The van der Waals surface area contributed by atoms with E-state index in [-0.39, 0.29) is 15.8 Å². The molecule has 0 saturated carbocycles. The van der Waals surface area contributed by atoms with Gasteiger partial charge in [0.25, 0.3) is 0 Å². The lowest BCUT2D eigenvalue weighted by atomic mass is 10.1. The smallest absolute Gasteiger partial charge is 0.00208 e. The summed E-state index contributed by atoms with van der Waals surface area (Å²) < 4.78 is 0. The van der Waals surface area contributed by atoms with Crippen LogP contribution in [0.1, 0.15) is 52.7 Å². The monoisotopic (exact) mass is 420 g/mol. The molecule has 0 aliphatic heterocycles. The van der Waals surface area contributed by atoms with Gasteiger partial charge in [0.05, 0.1) is 0 Å². The second kappa shape index (κ2) is 8.49. The summed E-state index contributed by atoms with van der Waals surface area (Å²) in [5.41, 5.74) is 5.20. The Hall–Kier alpha value is -1.22. The molecule has 0 aromatic heterocycles. The number of aryl methyl sites for hydroxylation is 2. The molecule has 0 radical (unpaired) electrons. The van der Waals surface area contributed by atoms with E-state index >= 15 is 0 Å². The zero-order chi connectivity index (χ0) is 20.7. The Labute approximate surface area is 179 Å². The van der Waals surface area contributed by atoms with E-state index in [0.29, 0.717) is 17.0 Å². The fourth-order valence-corrected chi connectivity index (χ4v) is 10.9. The van der Waals surface area contributed by atoms with Gasteiger partial charge in [-0.05, 0) is 75.6 Å². The van der Waals surface area contributed by atoms with Crippen molar-refractivity contribution in [1.29, 1.82) is 0 Å². The van der Waals surface area contributed by atoms with E-state index in [1.807, 2.05) is 0 Å². The predicted octanol–water partition coefficient (Wildman–Crippen LogP) is 6.70. The van der Waals surface area contributed by atoms with Crippen LogP contribution in [0, 0.1) is 0 Å². The Bertz CT molecular complexity index is 984. The van der Waals surface area contributed by atoms with E-state index in [1.54, 1.807) is 32.5 Å². The van der Waals surface area contributed by atoms with Gasteiger partial charge in [-0.1, -0.05) is 104 Å². The maximum absolute atomic E-state index is 2.51. The van der Waals surface area contributed by atoms with Gasteiger partial charge in [0.2, 0.25) is 0 Å². The Kier molecular flexibility index (Phi) is 6.16. The van der Waals surface area contributed by atoms with Gasteiger partial charge in [-0.2, -0.15) is 0 Å². The van der Waals surface area contributed by atoms with Crippen LogP contribution in [0.5, 0.6) is 0 Å². The van der Waals surface area contributed by atoms with Gasteiger partial charge in [-0.3, -0.25) is 0 Å². The third-order valence-corrected chi connectivity index (χ3v) is 12.1. The lowest BCUT2D eigenvalue weighted by molar-refractivity contribution is 1.02. The third kappa shape index (κ3) is 3.80. The van der Waals surface area contributed by atoms with Crippen molar-refractivity contribution in [1.82, 2.24) is 0 Å². The van der Waals surface area contributed by atoms with Crippen molar-refractivity contribution in [3.63, 3.8) is 0 Å². The average Bonchev–Trinajstić information content (AvgIpc) is 3.09. The molecule has 2 heteroatoms. The minimum atomic E-state index is -0.376. The summed E-state index contributed by atoms with van der Waals surface area (Å²) in [7, 11) is -0.565. The molecule has 0 saturated heterocycles. The highest BCUT2D eigenvalue weighted by Crippen LogP contribution is 2.50. The molecule has 0 amide bonds. The van der Waals surface area contributed by atoms with Crippen molar-refractivity contribution >= 4 is 42.5 Å². The van der Waals surface area contributed by atoms with E-state index < -0.39 is 0 Å². The quantitative estimate of drug-likeness (QED) is 0.389. The number of hydrogen-bond acceptors (Lipinski definition) is 0. The Balaban J connectivity index is 2.05. The predicted molar refractivity (Wildman–Crippen MR) is 136 cm³/mol. The molecule has 0 fully saturated rings. The number of hydrogen-bond donors (Lipinski definition) is 0. The van der Waals surface area contributed by atoms with E-state index in [0.717, 1.165) is 0 Å². The fraction of sp³-hybridized carbons (Fsp3) is 0.407. The number of rotatable bonds is 6. The highest BCUT2D eigenvalue weighted by Gasteiger charge is 2.29. The van der Waals surface area contributed by atoms with Crippen molar-refractivity contribution in [3.05, 3.63) is 65.7 Å². The zero-order valence-electron chi connectivity index (χ0n) is 18.7. The topological polar surface area (TPSA) is 0 Å². The van der Waals surface area contributed by atoms with Crippen LogP contribution in [-0.2, 0) is 12.8 Å². The standard InChI is InChI=1S/C27H34P2/c1-18(2)28(19(3)4)24-16-14-21-12-13-22-15-17-25(27(24)26(21)22)29(20(5)6)23-10-8-7-9-11-23/h7-11,14-20H,12-13H2,1-6H3. The Morgan fingerprint density at radius 1 is 0.586 bits per heavy atom. The number of benzene rings is 3. The summed E-state index contributed by atoms with van der Waals surface area (Å²) in [5, 5.41) is 8.03. The largest absolute Gasteiger partial charge is 0.0694 e. The lowest BCUT2D eigenvalue weighted by Gasteiger charge is -2.31. The first-order valence-electron chi connectivity index (χ1n) is 11.1. The van der Waals surface area contributed by atoms with Crippen molar-refractivity contribution in [2.24, 2.45) is 0 Å². The van der Waals surface area contributed by atoms with Gasteiger partial charge in [0.15, 0.2) is 0 Å². The van der Waals surface area contributed by atoms with Gasteiger partial charge >= 0.3 is 0 Å². The van der Waals surface area contributed by atoms with E-state index in [4.69, 9.17) is 0 Å². The normalized spacial score (nSPS) is 14.7. The summed E-state index contributed by atoms with van der Waals surface area (Å²) >= 11 is 0. The molecule has 1 aliphatic rings. The van der Waals surface area contributed by atoms with Crippen LogP contribution in [0.2, 0.25) is 0 Å². The Morgan fingerprint density at radius 3 is 1.66 bits per heavy atom. The molecule has 3 aromatic rings. The molecule has 3 aromatic carbocycles. The summed E-state index contributed by atoms with van der Waals surface area (Å²) in [5.74, 6) is 0. The van der Waals surface area contributed by atoms with E-state index in [2.05, 4.69) is 96.1 Å². The Morgan fingerprint density at radius 2 is 1.14 bits per heavy atom. The van der Waals surface area contributed by atoms with Crippen LogP contribution in [0.3, 0.4) is 0 Å². The molecule has 0 spiro atoms. The SMILES string of the molecule is CC(C)P(c1ccccc1)c1ccc2c3c(ccc(P(C(C)C)C(C)C)c13)CC2. The molecule has 0 heterocycles. The van der Waals surface area contributed by atoms with E-state index in [9.17, 15) is 0 Å². The fourth-order valence-electron chi connectivity index (χ4n) is 5.17. The molecule has 152 valence electrons. The van der Waals surface area contributed by atoms with Gasteiger partial charge in [-0.15, -0.1) is 0 Å². The van der Waals surface area contributed by atoms with Crippen LogP contribution in [0.4, 0.5) is 0 Å². The molecular weight excluding hydrogens is 386 g/mol. The maximum atomic E-state index is 2.51. The molecular formula is C27H34P2. The lowest BCUT2D eigenvalue weighted by Crippen LogP contribution is -2.24. The summed E-state index contributed by atoms with van der Waals surface area (Å²) in [6.07, 6.45) is 2.42. The molecule has 1 atom stereocenters. The van der Waals surface area contributed by atoms with Gasteiger partial charge < -0.3 is 0 Å². The molecule has 0 N–H and O–H groups in total. The maximum Gasteiger partial charge on any atom is -0.00208 e. The molecule has 4 rings (SSSR count). The summed E-state index contributed by atoms with van der Waals surface area (Å²) in [6, 6.07) is 21.2. The first-order chi connectivity index (χ1) is 13.9. The minimum Gasteiger partial charge on any atom is -0.0694 e. The summed E-state index contributed by atoms with van der Waals surface area (Å²) in [4.78, 5) is 0. The molecule has 1 unspecified atom stereocenters. The third-order valence-electron chi connectivity index (χ3n) is 6.15. The van der Waals surface area contributed by atoms with Crippen molar-refractivity contribution < 1.29 is 0 Å². The minimum absolute atomic E-state index is 0.189. The second-order valence-corrected chi connectivity index (χ2v) is 15.3. The molecule has 29 heavy (non-hydrogen) atoms. The van der Waals surface area contributed by atoms with Crippen molar-refractivity contribution in [2.75, 3.05) is 0 Å². The molecule has 1 aliphatic carbocycles. The van der Waals surface area contributed by atoms with Crippen molar-refractivity contribution in [2.45, 2.75) is 71.4 Å².